The fourth-order valence-electron chi connectivity index (χ4n) is 0.915. The first-order valence-corrected chi connectivity index (χ1v) is 6.68. The normalized spacial score (nSPS) is 12.2. The number of carbonyl (C=O) groups excluding carboxylic acids is 1. The number of alkyl halides is 2. The van der Waals surface area contributed by atoms with Crippen LogP contribution in [0.5, 0.6) is 0 Å². The molecule has 1 rings (SSSR count). The predicted molar refractivity (Wildman–Crippen MR) is 68.2 cm³/mol. The molecule has 1 aromatic rings. The second-order valence-electron chi connectivity index (χ2n) is 2.83. The molecule has 1 atom stereocenters. The number of ether oxygens (including phenoxy) is 1. The second kappa shape index (κ2) is 6.51. The van der Waals surface area contributed by atoms with Crippen molar-refractivity contribution in [1.29, 1.82) is 0 Å². The van der Waals surface area contributed by atoms with Crippen LogP contribution in [0.25, 0.3) is 0 Å². The number of halogens is 3. The molecule has 0 fully saturated rings. The minimum atomic E-state index is -0.397. The Balaban J connectivity index is 2.58. The number of benzene rings is 1. The van der Waals surface area contributed by atoms with Gasteiger partial charge in [-0.05, 0) is 12.1 Å². The van der Waals surface area contributed by atoms with E-state index in [-0.39, 0.29) is 4.83 Å². The molecule has 0 bridgehead atoms. The topological polar surface area (TPSA) is 26.3 Å². The Labute approximate surface area is 110 Å². The van der Waals surface area contributed by atoms with Gasteiger partial charge in [-0.2, -0.15) is 0 Å². The summed E-state index contributed by atoms with van der Waals surface area (Å²) in [4.78, 5) is 11.7. The monoisotopic (exact) mass is 354 g/mol. The third-order valence-electron chi connectivity index (χ3n) is 1.66. The summed E-state index contributed by atoms with van der Waals surface area (Å²) in [6.45, 7) is 0.315. The van der Waals surface area contributed by atoms with Crippen LogP contribution in [0.2, 0.25) is 5.02 Å². The van der Waals surface area contributed by atoms with Gasteiger partial charge in [0.15, 0.2) is 0 Å². The van der Waals surface area contributed by atoms with Gasteiger partial charge in [-0.3, -0.25) is 0 Å². The summed E-state index contributed by atoms with van der Waals surface area (Å²) in [5.41, 5.74) is 0.397. The fraction of sp³-hybridized carbons (Fsp3) is 0.300. The van der Waals surface area contributed by atoms with Crippen molar-refractivity contribution in [2.75, 3.05) is 11.9 Å². The molecule has 0 aliphatic rings. The molecule has 0 heterocycles. The van der Waals surface area contributed by atoms with Crippen LogP contribution in [-0.2, 0) is 4.74 Å². The van der Waals surface area contributed by atoms with Crippen LogP contribution >= 0.6 is 43.5 Å². The first-order valence-electron chi connectivity index (χ1n) is 4.27. The molecule has 0 radical (unpaired) electrons. The first kappa shape index (κ1) is 13.0. The lowest BCUT2D eigenvalue weighted by atomic mass is 10.2. The standard InChI is InChI=1S/C10H9Br2ClO2/c11-5-7(12)6-15-10(14)8-3-1-2-4-9(8)13/h1-4,7H,5-6H2/t7-/m1/s1. The Kier molecular flexibility index (Phi) is 5.64. The van der Waals surface area contributed by atoms with Gasteiger partial charge in [0, 0.05) is 5.33 Å². The Morgan fingerprint density at radius 1 is 1.47 bits per heavy atom. The van der Waals surface area contributed by atoms with Gasteiger partial charge in [-0.1, -0.05) is 55.6 Å². The van der Waals surface area contributed by atoms with Gasteiger partial charge in [0.25, 0.3) is 0 Å². The molecule has 2 nitrogen and oxygen atoms in total. The Morgan fingerprint density at radius 3 is 2.73 bits per heavy atom. The maximum absolute atomic E-state index is 11.5. The maximum atomic E-state index is 11.5. The Morgan fingerprint density at radius 2 is 2.13 bits per heavy atom. The van der Waals surface area contributed by atoms with Gasteiger partial charge in [0.2, 0.25) is 0 Å². The zero-order valence-electron chi connectivity index (χ0n) is 7.75. The van der Waals surface area contributed by atoms with Crippen molar-refractivity contribution < 1.29 is 9.53 Å². The summed E-state index contributed by atoms with van der Waals surface area (Å²) in [5, 5.41) is 1.13. The highest BCUT2D eigenvalue weighted by atomic mass is 79.9. The van der Waals surface area contributed by atoms with Crippen molar-refractivity contribution in [2.24, 2.45) is 0 Å². The number of esters is 1. The molecule has 0 spiro atoms. The lowest BCUT2D eigenvalue weighted by molar-refractivity contribution is 0.0513. The van der Waals surface area contributed by atoms with Crippen molar-refractivity contribution in [3.8, 4) is 0 Å². The van der Waals surface area contributed by atoms with E-state index in [4.69, 9.17) is 16.3 Å². The van der Waals surface area contributed by atoms with E-state index in [9.17, 15) is 4.79 Å². The van der Waals surface area contributed by atoms with Gasteiger partial charge in [-0.15, -0.1) is 0 Å². The second-order valence-corrected chi connectivity index (χ2v) is 5.18. The van der Waals surface area contributed by atoms with Crippen molar-refractivity contribution in [3.05, 3.63) is 34.9 Å². The highest BCUT2D eigenvalue weighted by Gasteiger charge is 2.12. The fourth-order valence-corrected chi connectivity index (χ4v) is 1.45. The molecule has 0 aromatic heterocycles. The van der Waals surface area contributed by atoms with Crippen molar-refractivity contribution in [1.82, 2.24) is 0 Å². The average molecular weight is 356 g/mol. The summed E-state index contributed by atoms with van der Waals surface area (Å²) in [6.07, 6.45) is 0. The third-order valence-corrected chi connectivity index (χ3v) is 4.22. The number of carbonyl (C=O) groups is 1. The van der Waals surface area contributed by atoms with Crippen molar-refractivity contribution in [3.63, 3.8) is 0 Å². The minimum Gasteiger partial charge on any atom is -0.461 e. The average Bonchev–Trinajstić information content (AvgIpc) is 2.26. The number of hydrogen-bond donors (Lipinski definition) is 0. The molecule has 15 heavy (non-hydrogen) atoms. The molecular formula is C10H9Br2ClO2. The molecule has 0 saturated carbocycles. The molecule has 1 aromatic carbocycles. The van der Waals surface area contributed by atoms with Crippen LogP contribution in [0.3, 0.4) is 0 Å². The summed E-state index contributed by atoms with van der Waals surface area (Å²) in [5.74, 6) is -0.397. The van der Waals surface area contributed by atoms with Crippen LogP contribution < -0.4 is 0 Å². The lowest BCUT2D eigenvalue weighted by Gasteiger charge is -2.08. The van der Waals surface area contributed by atoms with E-state index in [0.717, 1.165) is 5.33 Å². The first-order chi connectivity index (χ1) is 7.15. The Bertz CT molecular complexity index is 344. The van der Waals surface area contributed by atoms with Crippen molar-refractivity contribution >= 4 is 49.4 Å². The quantitative estimate of drug-likeness (QED) is 0.608. The van der Waals surface area contributed by atoms with Gasteiger partial charge >= 0.3 is 5.97 Å². The van der Waals surface area contributed by atoms with E-state index in [1.165, 1.54) is 0 Å². The lowest BCUT2D eigenvalue weighted by Crippen LogP contribution is -2.15. The van der Waals surface area contributed by atoms with E-state index in [0.29, 0.717) is 17.2 Å². The van der Waals surface area contributed by atoms with E-state index in [2.05, 4.69) is 31.9 Å². The summed E-state index contributed by atoms with van der Waals surface area (Å²) in [6, 6.07) is 6.82. The highest BCUT2D eigenvalue weighted by molar-refractivity contribution is 9.12. The molecule has 82 valence electrons. The third kappa shape index (κ3) is 4.13. The van der Waals surface area contributed by atoms with Gasteiger partial charge < -0.3 is 4.74 Å². The van der Waals surface area contributed by atoms with E-state index < -0.39 is 5.97 Å². The largest absolute Gasteiger partial charge is 0.461 e. The Hall–Kier alpha value is -0.0600. The minimum absolute atomic E-state index is 0.115. The predicted octanol–water partition coefficient (Wildman–Crippen LogP) is 3.66. The summed E-state index contributed by atoms with van der Waals surface area (Å²) < 4.78 is 5.06. The highest BCUT2D eigenvalue weighted by Crippen LogP contribution is 2.16. The van der Waals surface area contributed by atoms with Crippen LogP contribution in [0, 0.1) is 0 Å². The van der Waals surface area contributed by atoms with Crippen LogP contribution in [-0.4, -0.2) is 22.7 Å². The number of hydrogen-bond acceptors (Lipinski definition) is 2. The molecule has 0 aliphatic carbocycles. The van der Waals surface area contributed by atoms with Gasteiger partial charge in [0.1, 0.15) is 6.61 Å². The van der Waals surface area contributed by atoms with Crippen LogP contribution in [0.4, 0.5) is 0 Å². The number of rotatable bonds is 4. The summed E-state index contributed by atoms with van der Waals surface area (Å²) >= 11 is 12.5. The summed E-state index contributed by atoms with van der Waals surface area (Å²) in [7, 11) is 0. The van der Waals surface area contributed by atoms with Gasteiger partial charge in [0.05, 0.1) is 15.4 Å². The maximum Gasteiger partial charge on any atom is 0.339 e. The van der Waals surface area contributed by atoms with E-state index >= 15 is 0 Å². The molecule has 0 amide bonds. The van der Waals surface area contributed by atoms with E-state index in [1.807, 2.05) is 0 Å². The zero-order valence-corrected chi connectivity index (χ0v) is 11.7. The molecule has 0 saturated heterocycles. The van der Waals surface area contributed by atoms with Gasteiger partial charge in [-0.25, -0.2) is 4.79 Å². The molecule has 0 N–H and O–H groups in total. The van der Waals surface area contributed by atoms with E-state index in [1.54, 1.807) is 24.3 Å². The van der Waals surface area contributed by atoms with Crippen molar-refractivity contribution in [2.45, 2.75) is 4.83 Å². The SMILES string of the molecule is O=C(OC[C@H](Br)CBr)c1ccccc1Cl. The van der Waals surface area contributed by atoms with Crippen LogP contribution in [0.15, 0.2) is 24.3 Å². The molecule has 0 aliphatic heterocycles. The zero-order chi connectivity index (χ0) is 11.3. The smallest absolute Gasteiger partial charge is 0.339 e. The molecular weight excluding hydrogens is 347 g/mol. The van der Waals surface area contributed by atoms with Crippen LogP contribution in [0.1, 0.15) is 10.4 Å². The molecule has 5 heteroatoms. The molecule has 0 unspecified atom stereocenters.